The van der Waals surface area contributed by atoms with Crippen LogP contribution in [0.4, 0.5) is 0 Å². The van der Waals surface area contributed by atoms with E-state index in [0.717, 1.165) is 0 Å². The highest BCUT2D eigenvalue weighted by Gasteiger charge is 2.14. The van der Waals surface area contributed by atoms with E-state index >= 15 is 0 Å². The Balaban J connectivity index is -0.000000249. The molecule has 0 saturated carbocycles. The van der Waals surface area contributed by atoms with Crippen molar-refractivity contribution in [2.45, 2.75) is 39.8 Å². The summed E-state index contributed by atoms with van der Waals surface area (Å²) in [4.78, 5) is 39.3. The van der Waals surface area contributed by atoms with E-state index < -0.39 is 30.0 Å². The van der Waals surface area contributed by atoms with Crippen molar-refractivity contribution in [1.29, 1.82) is 0 Å². The fourth-order valence-corrected chi connectivity index (χ4v) is 0.485. The van der Waals surface area contributed by atoms with Crippen LogP contribution >= 0.6 is 0 Å². The third kappa shape index (κ3) is 22.9. The summed E-state index contributed by atoms with van der Waals surface area (Å²) < 4.78 is 0. The minimum absolute atomic E-state index is 0.0208. The predicted molar refractivity (Wildman–Crippen MR) is 78.1 cm³/mol. The fraction of sp³-hybridized carbons (Fsp3) is 0.667. The van der Waals surface area contributed by atoms with Crippen molar-refractivity contribution >= 4 is 23.8 Å². The number of hydrogen-bond donors (Lipinski definition) is 6. The molecule has 0 fully saturated rings. The van der Waals surface area contributed by atoms with Gasteiger partial charge in [-0.25, -0.2) is 0 Å². The number of carbonyl (C=O) groups is 4. The molecule has 10 nitrogen and oxygen atoms in total. The molecule has 8 N–H and O–H groups in total. The second kappa shape index (κ2) is 13.8. The Labute approximate surface area is 128 Å². The SMILES string of the molecule is CC(=O)NCC(=O)O.CC(C)[C@H](N)C(=O)O.C[C@H](N)C(=O)O. The zero-order valence-corrected chi connectivity index (χ0v) is 13.1. The molecule has 0 aromatic heterocycles. The van der Waals surface area contributed by atoms with Crippen molar-refractivity contribution < 1.29 is 34.5 Å². The van der Waals surface area contributed by atoms with Crippen LogP contribution in [0, 0.1) is 5.92 Å². The van der Waals surface area contributed by atoms with E-state index in [0.29, 0.717) is 0 Å². The van der Waals surface area contributed by atoms with E-state index in [1.54, 1.807) is 13.8 Å². The van der Waals surface area contributed by atoms with Gasteiger partial charge in [-0.1, -0.05) is 13.8 Å². The Morgan fingerprint density at radius 3 is 1.36 bits per heavy atom. The molecule has 0 aliphatic rings. The highest BCUT2D eigenvalue weighted by atomic mass is 16.4. The number of carboxylic acid groups (broad SMARTS) is 3. The summed E-state index contributed by atoms with van der Waals surface area (Å²) in [6.07, 6.45) is 0. The summed E-state index contributed by atoms with van der Waals surface area (Å²) in [5.41, 5.74) is 10.00. The third-order valence-corrected chi connectivity index (χ3v) is 1.88. The van der Waals surface area contributed by atoms with Gasteiger partial charge >= 0.3 is 17.9 Å². The number of rotatable bonds is 5. The number of amides is 1. The molecule has 10 heteroatoms. The summed E-state index contributed by atoms with van der Waals surface area (Å²) in [7, 11) is 0. The molecule has 130 valence electrons. The first-order valence-corrected chi connectivity index (χ1v) is 6.25. The van der Waals surface area contributed by atoms with Crippen molar-refractivity contribution in [3.8, 4) is 0 Å². The maximum absolute atomic E-state index is 10.0. The quantitative estimate of drug-likeness (QED) is 0.355. The van der Waals surface area contributed by atoms with E-state index in [1.807, 2.05) is 0 Å². The number of nitrogens with one attached hydrogen (secondary N) is 1. The fourth-order valence-electron chi connectivity index (χ4n) is 0.485. The van der Waals surface area contributed by atoms with Gasteiger partial charge in [0.05, 0.1) is 0 Å². The van der Waals surface area contributed by atoms with E-state index in [-0.39, 0.29) is 18.4 Å². The van der Waals surface area contributed by atoms with Crippen LogP contribution < -0.4 is 16.8 Å². The molecule has 0 spiro atoms. The lowest BCUT2D eigenvalue weighted by molar-refractivity contribution is -0.140. The van der Waals surface area contributed by atoms with Crippen molar-refractivity contribution in [3.05, 3.63) is 0 Å². The molecule has 0 aliphatic heterocycles. The zero-order chi connectivity index (χ0) is 18.5. The predicted octanol–water partition coefficient (Wildman–Crippen LogP) is -1.32. The smallest absolute Gasteiger partial charge is 0.322 e. The molecule has 0 heterocycles. The minimum Gasteiger partial charge on any atom is -0.480 e. The first kappa shape index (κ1) is 24.8. The summed E-state index contributed by atoms with van der Waals surface area (Å²) in [5.74, 6) is -3.23. The van der Waals surface area contributed by atoms with Crippen LogP contribution in [0.25, 0.3) is 0 Å². The minimum atomic E-state index is -1.03. The van der Waals surface area contributed by atoms with Crippen LogP contribution in [0.3, 0.4) is 0 Å². The maximum atomic E-state index is 10.0. The number of hydrogen-bond acceptors (Lipinski definition) is 6. The van der Waals surface area contributed by atoms with Gasteiger partial charge in [0.2, 0.25) is 5.91 Å². The first-order valence-electron chi connectivity index (χ1n) is 6.25. The molecule has 0 rings (SSSR count). The molecule has 1 amide bonds. The van der Waals surface area contributed by atoms with Gasteiger partial charge in [-0.2, -0.15) is 0 Å². The number of nitrogens with two attached hydrogens (primary N) is 2. The molecule has 0 aliphatic carbocycles. The van der Waals surface area contributed by atoms with E-state index in [2.05, 4.69) is 5.32 Å². The van der Waals surface area contributed by atoms with Crippen LogP contribution in [0.5, 0.6) is 0 Å². The van der Waals surface area contributed by atoms with Gasteiger partial charge in [0.25, 0.3) is 0 Å². The molecule has 2 atom stereocenters. The molecular formula is C12H25N3O7. The lowest BCUT2D eigenvalue weighted by atomic mass is 10.1. The Hall–Kier alpha value is -2.20. The highest BCUT2D eigenvalue weighted by molar-refractivity contribution is 5.79. The monoisotopic (exact) mass is 323 g/mol. The molecule has 0 bridgehead atoms. The third-order valence-electron chi connectivity index (χ3n) is 1.88. The molecular weight excluding hydrogens is 298 g/mol. The number of aliphatic carboxylic acids is 3. The van der Waals surface area contributed by atoms with Gasteiger partial charge in [0, 0.05) is 6.92 Å². The molecule has 0 aromatic carbocycles. The van der Waals surface area contributed by atoms with Crippen molar-refractivity contribution in [1.82, 2.24) is 5.32 Å². The summed E-state index contributed by atoms with van der Waals surface area (Å²) >= 11 is 0. The molecule has 0 aromatic rings. The van der Waals surface area contributed by atoms with Crippen LogP contribution in [-0.4, -0.2) is 57.8 Å². The zero-order valence-electron chi connectivity index (χ0n) is 13.1. The first-order chi connectivity index (χ1) is 9.82. The molecule has 0 unspecified atom stereocenters. The maximum Gasteiger partial charge on any atom is 0.322 e. The standard InChI is InChI=1S/C5H11NO2.C4H7NO3.C3H7NO2/c1-3(2)4(6)5(7)8;1-3(6)5-2-4(7)8;1-2(4)3(5)6/h3-4H,6H2,1-2H3,(H,7,8);2H2,1H3,(H,5,6)(H,7,8);2H,4H2,1H3,(H,5,6)/t4-;;2-/m0.0/s1. The van der Waals surface area contributed by atoms with Crippen molar-refractivity contribution in [2.75, 3.05) is 6.54 Å². The van der Waals surface area contributed by atoms with Crippen molar-refractivity contribution in [3.63, 3.8) is 0 Å². The van der Waals surface area contributed by atoms with Crippen LogP contribution in [0.15, 0.2) is 0 Å². The Kier molecular flexibility index (Phi) is 15.5. The summed E-state index contributed by atoms with van der Waals surface area (Å²) in [6.45, 7) is 5.94. The summed E-state index contributed by atoms with van der Waals surface area (Å²) in [5, 5.41) is 26.1. The largest absolute Gasteiger partial charge is 0.480 e. The van der Waals surface area contributed by atoms with E-state index in [4.69, 9.17) is 26.8 Å². The van der Waals surface area contributed by atoms with Crippen LogP contribution in [0.1, 0.15) is 27.7 Å². The second-order valence-corrected chi connectivity index (χ2v) is 4.54. The van der Waals surface area contributed by atoms with Crippen molar-refractivity contribution in [2.24, 2.45) is 17.4 Å². The van der Waals surface area contributed by atoms with Gasteiger partial charge in [-0.3, -0.25) is 19.2 Å². The Morgan fingerprint density at radius 2 is 1.32 bits per heavy atom. The second-order valence-electron chi connectivity index (χ2n) is 4.54. The van der Waals surface area contributed by atoms with Gasteiger partial charge in [-0.15, -0.1) is 0 Å². The lowest BCUT2D eigenvalue weighted by Crippen LogP contribution is -2.34. The highest BCUT2D eigenvalue weighted by Crippen LogP contribution is 1.96. The van der Waals surface area contributed by atoms with Gasteiger partial charge in [0.15, 0.2) is 0 Å². The number of carboxylic acids is 3. The average molecular weight is 323 g/mol. The van der Waals surface area contributed by atoms with Gasteiger partial charge in [0.1, 0.15) is 18.6 Å². The molecule has 22 heavy (non-hydrogen) atoms. The average Bonchev–Trinajstić information content (AvgIpc) is 2.36. The van der Waals surface area contributed by atoms with Crippen LogP contribution in [-0.2, 0) is 19.2 Å². The Morgan fingerprint density at radius 1 is 0.955 bits per heavy atom. The summed E-state index contributed by atoms with van der Waals surface area (Å²) in [6, 6.07) is -1.44. The Bertz CT molecular complexity index is 356. The van der Waals surface area contributed by atoms with Gasteiger partial charge < -0.3 is 32.1 Å². The lowest BCUT2D eigenvalue weighted by Gasteiger charge is -2.07. The molecule has 0 saturated heterocycles. The topological polar surface area (TPSA) is 193 Å². The van der Waals surface area contributed by atoms with E-state index in [1.165, 1.54) is 13.8 Å². The van der Waals surface area contributed by atoms with Crippen LogP contribution in [0.2, 0.25) is 0 Å². The van der Waals surface area contributed by atoms with E-state index in [9.17, 15) is 19.2 Å². The normalized spacial score (nSPS) is 11.8. The molecule has 0 radical (unpaired) electrons. The number of carbonyl (C=O) groups excluding carboxylic acids is 1. The van der Waals surface area contributed by atoms with Gasteiger partial charge in [-0.05, 0) is 12.8 Å².